The maximum absolute atomic E-state index is 13.4. The Morgan fingerprint density at radius 2 is 2.27 bits per heavy atom. The fourth-order valence-electron chi connectivity index (χ4n) is 2.03. The summed E-state index contributed by atoms with van der Waals surface area (Å²) in [5.74, 6) is 0.474. The van der Waals surface area contributed by atoms with Gasteiger partial charge in [-0.2, -0.15) is 0 Å². The third kappa shape index (κ3) is 2.22. The maximum atomic E-state index is 13.4. The predicted molar refractivity (Wildman–Crippen MR) is 61.8 cm³/mol. The Kier molecular flexibility index (Phi) is 2.80. The molecule has 0 radical (unpaired) electrons. The molecule has 1 atom stereocenters. The highest BCUT2D eigenvalue weighted by molar-refractivity contribution is 5.71. The Morgan fingerprint density at radius 3 is 3.00 bits per heavy atom. The third-order valence-electron chi connectivity index (χ3n) is 2.65. The molecule has 0 bridgehead atoms. The molecule has 0 aliphatic carbocycles. The monoisotopic (exact) mass is 208 g/mol. The van der Waals surface area contributed by atoms with E-state index in [1.807, 2.05) is 6.07 Å². The summed E-state index contributed by atoms with van der Waals surface area (Å²) in [6, 6.07) is 5.54. The van der Waals surface area contributed by atoms with Gasteiger partial charge < -0.3 is 10.6 Å². The van der Waals surface area contributed by atoms with Crippen LogP contribution in [0.5, 0.6) is 0 Å². The molecule has 1 heterocycles. The normalized spacial score (nSPS) is 19.3. The summed E-state index contributed by atoms with van der Waals surface area (Å²) in [5.41, 5.74) is 1.49. The van der Waals surface area contributed by atoms with Crippen LogP contribution in [0.2, 0.25) is 0 Å². The summed E-state index contributed by atoms with van der Waals surface area (Å²) in [5, 5.41) is 6.52. The first-order valence-corrected chi connectivity index (χ1v) is 5.45. The van der Waals surface area contributed by atoms with Crippen LogP contribution in [0.1, 0.15) is 20.3 Å². The maximum Gasteiger partial charge on any atom is 0.148 e. The lowest BCUT2D eigenvalue weighted by atomic mass is 10.0. The number of hydrogen-bond donors (Lipinski definition) is 2. The highest BCUT2D eigenvalue weighted by Crippen LogP contribution is 2.29. The standard InChI is InChI=1S/C12H17FN2/c1-8(2)6-9-7-14-12-10(13)4-3-5-11(12)15-9/h3-5,8-9,14-15H,6-7H2,1-2H3. The second-order valence-electron chi connectivity index (χ2n) is 4.51. The van der Waals surface area contributed by atoms with Crippen molar-refractivity contribution in [3.63, 3.8) is 0 Å². The molecule has 1 aromatic rings. The fourth-order valence-corrected chi connectivity index (χ4v) is 2.03. The Morgan fingerprint density at radius 1 is 1.47 bits per heavy atom. The van der Waals surface area contributed by atoms with E-state index >= 15 is 0 Å². The van der Waals surface area contributed by atoms with E-state index in [9.17, 15) is 4.39 Å². The smallest absolute Gasteiger partial charge is 0.148 e. The van der Waals surface area contributed by atoms with Crippen molar-refractivity contribution in [2.75, 3.05) is 17.2 Å². The predicted octanol–water partition coefficient (Wildman–Crippen LogP) is 3.08. The van der Waals surface area contributed by atoms with E-state index in [4.69, 9.17) is 0 Å². The molecule has 1 unspecified atom stereocenters. The van der Waals surface area contributed by atoms with Gasteiger partial charge in [0, 0.05) is 12.6 Å². The molecule has 0 amide bonds. The van der Waals surface area contributed by atoms with Gasteiger partial charge in [-0.3, -0.25) is 0 Å². The van der Waals surface area contributed by atoms with Gasteiger partial charge in [0.25, 0.3) is 0 Å². The molecule has 0 aromatic heterocycles. The van der Waals surface area contributed by atoms with Crippen LogP contribution in [0, 0.1) is 11.7 Å². The summed E-state index contributed by atoms with van der Waals surface area (Å²) >= 11 is 0. The molecular weight excluding hydrogens is 191 g/mol. The van der Waals surface area contributed by atoms with Gasteiger partial charge in [0.1, 0.15) is 5.82 Å². The minimum Gasteiger partial charge on any atom is -0.379 e. The first-order chi connectivity index (χ1) is 7.16. The Labute approximate surface area is 89.9 Å². The largest absolute Gasteiger partial charge is 0.379 e. The Balaban J connectivity index is 2.13. The topological polar surface area (TPSA) is 24.1 Å². The molecule has 0 saturated heterocycles. The zero-order chi connectivity index (χ0) is 10.8. The van der Waals surface area contributed by atoms with Gasteiger partial charge in [0.2, 0.25) is 0 Å². The molecule has 2 rings (SSSR count). The van der Waals surface area contributed by atoms with Crippen LogP contribution in [0.15, 0.2) is 18.2 Å². The Hall–Kier alpha value is -1.25. The van der Waals surface area contributed by atoms with Gasteiger partial charge in [-0.15, -0.1) is 0 Å². The zero-order valence-corrected chi connectivity index (χ0v) is 9.18. The van der Waals surface area contributed by atoms with Crippen molar-refractivity contribution >= 4 is 11.4 Å². The number of halogens is 1. The summed E-state index contributed by atoms with van der Waals surface area (Å²) in [4.78, 5) is 0. The molecule has 0 saturated carbocycles. The van der Waals surface area contributed by atoms with E-state index in [1.54, 1.807) is 6.07 Å². The molecule has 15 heavy (non-hydrogen) atoms. The number of fused-ring (bicyclic) bond motifs is 1. The van der Waals surface area contributed by atoms with Crippen LogP contribution in [0.4, 0.5) is 15.8 Å². The second-order valence-corrected chi connectivity index (χ2v) is 4.51. The van der Waals surface area contributed by atoms with Crippen molar-refractivity contribution in [3.8, 4) is 0 Å². The van der Waals surface area contributed by atoms with Crippen molar-refractivity contribution in [2.45, 2.75) is 26.3 Å². The highest BCUT2D eigenvalue weighted by Gasteiger charge is 2.19. The average molecular weight is 208 g/mol. The fraction of sp³-hybridized carbons (Fsp3) is 0.500. The van der Waals surface area contributed by atoms with Crippen LogP contribution < -0.4 is 10.6 Å². The number of rotatable bonds is 2. The molecule has 1 aromatic carbocycles. The lowest BCUT2D eigenvalue weighted by Crippen LogP contribution is -2.34. The molecule has 1 aliphatic heterocycles. The quantitative estimate of drug-likeness (QED) is 0.780. The number of anilines is 2. The van der Waals surface area contributed by atoms with E-state index in [0.29, 0.717) is 17.6 Å². The number of hydrogen-bond acceptors (Lipinski definition) is 2. The van der Waals surface area contributed by atoms with E-state index in [1.165, 1.54) is 6.07 Å². The molecule has 2 nitrogen and oxygen atoms in total. The van der Waals surface area contributed by atoms with Crippen molar-refractivity contribution in [2.24, 2.45) is 5.92 Å². The van der Waals surface area contributed by atoms with Crippen LogP contribution in [-0.2, 0) is 0 Å². The van der Waals surface area contributed by atoms with E-state index in [0.717, 1.165) is 18.7 Å². The Bertz CT molecular complexity index is 349. The van der Waals surface area contributed by atoms with Gasteiger partial charge in [-0.1, -0.05) is 19.9 Å². The molecule has 82 valence electrons. The van der Waals surface area contributed by atoms with E-state index in [-0.39, 0.29) is 5.82 Å². The van der Waals surface area contributed by atoms with Crippen LogP contribution in [-0.4, -0.2) is 12.6 Å². The van der Waals surface area contributed by atoms with Crippen LogP contribution in [0.3, 0.4) is 0 Å². The molecule has 0 spiro atoms. The lowest BCUT2D eigenvalue weighted by Gasteiger charge is -2.29. The number of para-hydroxylation sites is 1. The average Bonchev–Trinajstić information content (AvgIpc) is 2.17. The van der Waals surface area contributed by atoms with Crippen molar-refractivity contribution in [3.05, 3.63) is 24.0 Å². The molecule has 0 fully saturated rings. The van der Waals surface area contributed by atoms with Crippen molar-refractivity contribution in [1.29, 1.82) is 0 Å². The van der Waals surface area contributed by atoms with Gasteiger partial charge in [-0.05, 0) is 24.5 Å². The number of nitrogens with one attached hydrogen (secondary N) is 2. The van der Waals surface area contributed by atoms with Gasteiger partial charge in [-0.25, -0.2) is 4.39 Å². The third-order valence-corrected chi connectivity index (χ3v) is 2.65. The SMILES string of the molecule is CC(C)CC1CNc2c(F)cccc2N1. The molecular formula is C12H17FN2. The van der Waals surface area contributed by atoms with Gasteiger partial charge in [0.15, 0.2) is 0 Å². The summed E-state index contributed by atoms with van der Waals surface area (Å²) in [6.45, 7) is 5.19. The first-order valence-electron chi connectivity index (χ1n) is 5.45. The lowest BCUT2D eigenvalue weighted by molar-refractivity contribution is 0.522. The summed E-state index contributed by atoms with van der Waals surface area (Å²) < 4.78 is 13.4. The highest BCUT2D eigenvalue weighted by atomic mass is 19.1. The first kappa shape index (κ1) is 10.3. The number of benzene rings is 1. The van der Waals surface area contributed by atoms with E-state index < -0.39 is 0 Å². The molecule has 2 N–H and O–H groups in total. The van der Waals surface area contributed by atoms with Crippen molar-refractivity contribution < 1.29 is 4.39 Å². The van der Waals surface area contributed by atoms with E-state index in [2.05, 4.69) is 24.5 Å². The van der Waals surface area contributed by atoms with Crippen LogP contribution >= 0.6 is 0 Å². The molecule has 3 heteroatoms. The van der Waals surface area contributed by atoms with Gasteiger partial charge in [0.05, 0.1) is 11.4 Å². The van der Waals surface area contributed by atoms with Crippen LogP contribution in [0.25, 0.3) is 0 Å². The minimum atomic E-state index is -0.178. The minimum absolute atomic E-state index is 0.178. The van der Waals surface area contributed by atoms with Crippen molar-refractivity contribution in [1.82, 2.24) is 0 Å². The van der Waals surface area contributed by atoms with Gasteiger partial charge >= 0.3 is 0 Å². The summed E-state index contributed by atoms with van der Waals surface area (Å²) in [7, 11) is 0. The zero-order valence-electron chi connectivity index (χ0n) is 9.18. The summed E-state index contributed by atoms with van der Waals surface area (Å²) in [6.07, 6.45) is 1.10. The second kappa shape index (κ2) is 4.09. The molecule has 1 aliphatic rings.